The maximum Gasteiger partial charge on any atom is 0.285 e. The zero-order chi connectivity index (χ0) is 23.9. The first-order valence-electron chi connectivity index (χ1n) is 10.6. The highest BCUT2D eigenvalue weighted by Crippen LogP contribution is 2.34. The first kappa shape index (κ1) is 23.5. The van der Waals surface area contributed by atoms with Crippen molar-refractivity contribution >= 4 is 46.2 Å². The van der Waals surface area contributed by atoms with Gasteiger partial charge in [0.2, 0.25) is 0 Å². The maximum atomic E-state index is 12.9. The molecule has 1 heterocycles. The average Bonchev–Trinajstić information content (AvgIpc) is 3.12. The average molecular weight is 491 g/mol. The molecule has 6 nitrogen and oxygen atoms in total. The van der Waals surface area contributed by atoms with E-state index in [0.29, 0.717) is 35.2 Å². The van der Waals surface area contributed by atoms with Gasteiger partial charge in [-0.05, 0) is 60.6 Å². The summed E-state index contributed by atoms with van der Waals surface area (Å²) in [7, 11) is 0. The number of hydrazine groups is 1. The number of nitrogens with one attached hydrogen (secondary N) is 1. The molecule has 34 heavy (non-hydrogen) atoms. The van der Waals surface area contributed by atoms with Crippen LogP contribution in [-0.4, -0.2) is 27.8 Å². The summed E-state index contributed by atoms with van der Waals surface area (Å²) in [5, 5.41) is 1.10. The zero-order valence-electron chi connectivity index (χ0n) is 18.4. The van der Waals surface area contributed by atoms with Crippen molar-refractivity contribution in [1.82, 2.24) is 10.4 Å². The Morgan fingerprint density at radius 3 is 2.41 bits per heavy atom. The smallest absolute Gasteiger partial charge is 0.285 e. The van der Waals surface area contributed by atoms with Gasteiger partial charge < -0.3 is 9.47 Å². The lowest BCUT2D eigenvalue weighted by molar-refractivity contribution is -0.123. The van der Waals surface area contributed by atoms with Crippen molar-refractivity contribution in [1.29, 1.82) is 0 Å². The number of ether oxygens (including phenoxy) is 2. The van der Waals surface area contributed by atoms with E-state index >= 15 is 0 Å². The molecule has 1 aliphatic rings. The molecule has 3 aromatic rings. The number of hydrogen-bond acceptors (Lipinski definition) is 6. The summed E-state index contributed by atoms with van der Waals surface area (Å²) in [5.41, 5.74) is 4.82. The number of thioether (sulfide) groups is 1. The Hall–Kier alpha value is -3.62. The van der Waals surface area contributed by atoms with E-state index in [4.69, 9.17) is 21.7 Å². The number of carbonyl (C=O) groups is 2. The van der Waals surface area contributed by atoms with Gasteiger partial charge in [-0.3, -0.25) is 15.0 Å². The van der Waals surface area contributed by atoms with E-state index < -0.39 is 5.91 Å². The van der Waals surface area contributed by atoms with Crippen LogP contribution in [0.25, 0.3) is 6.08 Å². The Labute approximate surface area is 207 Å². The highest BCUT2D eigenvalue weighted by atomic mass is 32.2. The lowest BCUT2D eigenvalue weighted by Gasteiger charge is -2.15. The zero-order valence-corrected chi connectivity index (χ0v) is 20.0. The molecule has 8 heteroatoms. The summed E-state index contributed by atoms with van der Waals surface area (Å²) in [6.45, 7) is 2.78. The lowest BCUT2D eigenvalue weighted by Crippen LogP contribution is -2.44. The van der Waals surface area contributed by atoms with E-state index in [1.807, 2.05) is 61.5 Å². The lowest BCUT2D eigenvalue weighted by atomic mass is 10.1. The Kier molecular flexibility index (Phi) is 7.61. The van der Waals surface area contributed by atoms with Crippen molar-refractivity contribution in [3.05, 3.63) is 100 Å². The van der Waals surface area contributed by atoms with Crippen molar-refractivity contribution in [3.63, 3.8) is 0 Å². The van der Waals surface area contributed by atoms with Gasteiger partial charge in [0.25, 0.3) is 11.8 Å². The van der Waals surface area contributed by atoms with Gasteiger partial charge in [0.15, 0.2) is 15.8 Å². The first-order chi connectivity index (χ1) is 16.5. The minimum absolute atomic E-state index is 0.258. The second-order valence-corrected chi connectivity index (χ2v) is 8.91. The molecule has 0 aliphatic carbocycles. The minimum atomic E-state index is -0.406. The molecular formula is C26H22N2O4S2. The Bertz CT molecular complexity index is 1230. The number of nitrogens with zero attached hydrogens (tertiary/aromatic N) is 1. The topological polar surface area (TPSA) is 67.9 Å². The van der Waals surface area contributed by atoms with E-state index in [1.165, 1.54) is 0 Å². The van der Waals surface area contributed by atoms with E-state index in [0.717, 1.165) is 27.9 Å². The highest BCUT2D eigenvalue weighted by Gasteiger charge is 2.33. The van der Waals surface area contributed by atoms with Crippen molar-refractivity contribution < 1.29 is 19.1 Å². The number of amides is 2. The van der Waals surface area contributed by atoms with Crippen molar-refractivity contribution in [2.45, 2.75) is 13.5 Å². The van der Waals surface area contributed by atoms with E-state index in [9.17, 15) is 9.59 Å². The highest BCUT2D eigenvalue weighted by molar-refractivity contribution is 8.26. The Morgan fingerprint density at radius 2 is 1.71 bits per heavy atom. The summed E-state index contributed by atoms with van der Waals surface area (Å²) < 4.78 is 12.0. The van der Waals surface area contributed by atoms with Gasteiger partial charge in [0, 0.05) is 5.56 Å². The largest absolute Gasteiger partial charge is 0.490 e. The van der Waals surface area contributed by atoms with Gasteiger partial charge in [-0.2, -0.15) is 5.01 Å². The van der Waals surface area contributed by atoms with Crippen LogP contribution >= 0.6 is 24.0 Å². The molecule has 0 saturated carbocycles. The van der Waals surface area contributed by atoms with Crippen molar-refractivity contribution in [3.8, 4) is 11.5 Å². The SMILES string of the molecule is CCOc1cc(/C=C2\SC(=S)N(NC(=O)c3ccccc3)C2=O)ccc1OCc1ccccc1. The van der Waals surface area contributed by atoms with Crippen molar-refractivity contribution in [2.75, 3.05) is 6.61 Å². The molecule has 0 aromatic heterocycles. The van der Waals surface area contributed by atoms with Crippen LogP contribution in [0.3, 0.4) is 0 Å². The summed E-state index contributed by atoms with van der Waals surface area (Å²) in [5.74, 6) is 0.406. The second kappa shape index (κ2) is 11.0. The molecule has 1 fully saturated rings. The van der Waals surface area contributed by atoms with Crippen LogP contribution in [0, 0.1) is 0 Å². The van der Waals surface area contributed by atoms with Gasteiger partial charge in [0.1, 0.15) is 6.61 Å². The number of rotatable bonds is 8. The first-order valence-corrected chi connectivity index (χ1v) is 11.8. The fourth-order valence-electron chi connectivity index (χ4n) is 3.21. The summed E-state index contributed by atoms with van der Waals surface area (Å²) in [4.78, 5) is 25.8. The summed E-state index contributed by atoms with van der Waals surface area (Å²) in [6, 6.07) is 24.0. The molecule has 0 unspecified atom stereocenters. The van der Waals surface area contributed by atoms with Gasteiger partial charge in [-0.25, -0.2) is 0 Å². The number of hydrogen-bond donors (Lipinski definition) is 1. The Balaban J connectivity index is 1.49. The molecule has 3 aromatic carbocycles. The molecule has 1 N–H and O–H groups in total. The molecule has 1 saturated heterocycles. The van der Waals surface area contributed by atoms with Gasteiger partial charge in [-0.15, -0.1) is 0 Å². The second-order valence-electron chi connectivity index (χ2n) is 7.24. The molecule has 4 rings (SSSR count). The summed E-state index contributed by atoms with van der Waals surface area (Å²) >= 11 is 6.44. The van der Waals surface area contributed by atoms with E-state index in [2.05, 4.69) is 5.43 Å². The normalized spacial score (nSPS) is 14.4. The third kappa shape index (κ3) is 5.65. The molecule has 0 atom stereocenters. The van der Waals surface area contributed by atoms with Crippen LogP contribution in [-0.2, 0) is 11.4 Å². The van der Waals surface area contributed by atoms with Crippen LogP contribution in [0.1, 0.15) is 28.4 Å². The molecule has 1 aliphatic heterocycles. The van der Waals surface area contributed by atoms with Gasteiger partial charge >= 0.3 is 0 Å². The van der Waals surface area contributed by atoms with Crippen LogP contribution in [0.2, 0.25) is 0 Å². The van der Waals surface area contributed by atoms with Crippen LogP contribution in [0.4, 0.5) is 0 Å². The Morgan fingerprint density at radius 1 is 1.00 bits per heavy atom. The van der Waals surface area contributed by atoms with Crippen LogP contribution in [0.5, 0.6) is 11.5 Å². The molecular weight excluding hydrogens is 468 g/mol. The van der Waals surface area contributed by atoms with Crippen molar-refractivity contribution in [2.24, 2.45) is 0 Å². The molecule has 172 valence electrons. The number of carbonyl (C=O) groups excluding carboxylic acids is 2. The minimum Gasteiger partial charge on any atom is -0.490 e. The predicted molar refractivity (Wildman–Crippen MR) is 137 cm³/mol. The predicted octanol–water partition coefficient (Wildman–Crippen LogP) is 5.21. The fraction of sp³-hybridized carbons (Fsp3) is 0.115. The third-order valence-electron chi connectivity index (χ3n) is 4.85. The van der Waals surface area contributed by atoms with E-state index in [1.54, 1.807) is 30.3 Å². The maximum absolute atomic E-state index is 12.9. The molecule has 0 spiro atoms. The number of thiocarbonyl (C=S) groups is 1. The standard InChI is InChI=1S/C26H22N2O4S2/c1-2-31-22-15-19(13-14-21(22)32-17-18-9-5-3-6-10-18)16-23-25(30)28(26(33)34-23)27-24(29)20-11-7-4-8-12-20/h3-16H,2,17H2,1H3,(H,27,29)/b23-16-. The van der Waals surface area contributed by atoms with Crippen LogP contribution in [0.15, 0.2) is 83.8 Å². The summed E-state index contributed by atoms with van der Waals surface area (Å²) in [6.07, 6.45) is 1.72. The van der Waals surface area contributed by atoms with Gasteiger partial charge in [-0.1, -0.05) is 66.4 Å². The van der Waals surface area contributed by atoms with Crippen LogP contribution < -0.4 is 14.9 Å². The molecule has 2 amide bonds. The third-order valence-corrected chi connectivity index (χ3v) is 6.15. The quantitative estimate of drug-likeness (QED) is 0.345. The van der Waals surface area contributed by atoms with Gasteiger partial charge in [0.05, 0.1) is 11.5 Å². The molecule has 0 radical (unpaired) electrons. The number of benzene rings is 3. The van der Waals surface area contributed by atoms with E-state index in [-0.39, 0.29) is 10.2 Å². The monoisotopic (exact) mass is 490 g/mol. The fourth-order valence-corrected chi connectivity index (χ4v) is 4.39. The molecule has 0 bridgehead atoms.